The molecule has 0 spiro atoms. The minimum atomic E-state index is -2.17. The van der Waals surface area contributed by atoms with Gasteiger partial charge in [0.05, 0.1) is 13.2 Å². The van der Waals surface area contributed by atoms with Crippen LogP contribution >= 0.6 is 6.49 Å². The summed E-state index contributed by atoms with van der Waals surface area (Å²) in [5.41, 5.74) is 0. The van der Waals surface area contributed by atoms with Crippen LogP contribution in [0.25, 0.3) is 0 Å². The molecule has 5 heteroatoms. The topological polar surface area (TPSA) is 27.7 Å². The first kappa shape index (κ1) is 15.5. The van der Waals surface area contributed by atoms with E-state index >= 15 is 0 Å². The molecule has 0 aromatic rings. The highest BCUT2D eigenvalue weighted by molar-refractivity contribution is 8.09. The predicted molar refractivity (Wildman–Crippen MR) is 67.9 cm³/mol. The van der Waals surface area contributed by atoms with Crippen molar-refractivity contribution in [3.05, 3.63) is 0 Å². The third kappa shape index (κ3) is 8.35. The van der Waals surface area contributed by atoms with Crippen LogP contribution in [0, 0.1) is 0 Å². The molecular formula is C10H23O3PS. The molecule has 0 saturated carbocycles. The van der Waals surface area contributed by atoms with E-state index in [0.717, 1.165) is 25.7 Å². The molecule has 0 amide bonds. The van der Waals surface area contributed by atoms with Crippen molar-refractivity contribution < 1.29 is 13.8 Å². The second kappa shape index (κ2) is 9.73. The van der Waals surface area contributed by atoms with E-state index in [0.29, 0.717) is 19.6 Å². The number of hydrogen-bond acceptors (Lipinski definition) is 4. The van der Waals surface area contributed by atoms with Crippen molar-refractivity contribution in [3.8, 4) is 0 Å². The molecule has 0 aromatic heterocycles. The van der Waals surface area contributed by atoms with Crippen LogP contribution in [0.5, 0.6) is 0 Å². The van der Waals surface area contributed by atoms with Crippen molar-refractivity contribution in [1.29, 1.82) is 0 Å². The summed E-state index contributed by atoms with van der Waals surface area (Å²) in [6, 6.07) is 0. The van der Waals surface area contributed by atoms with Gasteiger partial charge in [-0.15, -0.1) is 0 Å². The van der Waals surface area contributed by atoms with Crippen molar-refractivity contribution in [1.82, 2.24) is 0 Å². The van der Waals surface area contributed by atoms with Crippen LogP contribution in [0.1, 0.15) is 39.5 Å². The minimum absolute atomic E-state index is 0.412. The van der Waals surface area contributed by atoms with E-state index in [-0.39, 0.29) is 0 Å². The molecule has 92 valence electrons. The number of rotatable bonds is 10. The predicted octanol–water partition coefficient (Wildman–Crippen LogP) is 3.53. The standard InChI is InChI=1S/C10H23O3PS/c1-4-6-8-12-14(15,10-11-3)13-9-7-5-2/h4-10H2,1-3H3. The average molecular weight is 254 g/mol. The van der Waals surface area contributed by atoms with E-state index in [4.69, 9.17) is 25.6 Å². The fourth-order valence-corrected chi connectivity index (χ4v) is 3.08. The van der Waals surface area contributed by atoms with Gasteiger partial charge >= 0.3 is 0 Å². The molecule has 15 heavy (non-hydrogen) atoms. The van der Waals surface area contributed by atoms with E-state index in [1.807, 2.05) is 0 Å². The van der Waals surface area contributed by atoms with Crippen LogP contribution in [0.4, 0.5) is 0 Å². The van der Waals surface area contributed by atoms with Crippen LogP contribution in [0.15, 0.2) is 0 Å². The quantitative estimate of drug-likeness (QED) is 0.440. The zero-order chi connectivity index (χ0) is 11.6. The van der Waals surface area contributed by atoms with Crippen molar-refractivity contribution in [2.24, 2.45) is 0 Å². The van der Waals surface area contributed by atoms with Crippen molar-refractivity contribution in [3.63, 3.8) is 0 Å². The molecule has 0 aromatic carbocycles. The Labute approximate surface area is 98.7 Å². The van der Waals surface area contributed by atoms with Gasteiger partial charge in [-0.3, -0.25) is 0 Å². The Kier molecular flexibility index (Phi) is 10.1. The lowest BCUT2D eigenvalue weighted by Crippen LogP contribution is -2.03. The van der Waals surface area contributed by atoms with Gasteiger partial charge in [-0.2, -0.15) is 0 Å². The smallest absolute Gasteiger partial charge is 0.214 e. The van der Waals surface area contributed by atoms with Crippen LogP contribution in [-0.2, 0) is 25.6 Å². The lowest BCUT2D eigenvalue weighted by molar-refractivity contribution is 0.187. The average Bonchev–Trinajstić information content (AvgIpc) is 2.19. The second-order valence-electron chi connectivity index (χ2n) is 3.40. The Morgan fingerprint density at radius 1 is 1.00 bits per heavy atom. The van der Waals surface area contributed by atoms with E-state index in [9.17, 15) is 0 Å². The summed E-state index contributed by atoms with van der Waals surface area (Å²) >= 11 is 5.37. The molecule has 0 heterocycles. The Hall–Kier alpha value is 0.530. The molecule has 0 bridgehead atoms. The van der Waals surface area contributed by atoms with E-state index < -0.39 is 6.49 Å². The van der Waals surface area contributed by atoms with Crippen LogP contribution in [-0.4, -0.2) is 26.7 Å². The monoisotopic (exact) mass is 254 g/mol. The lowest BCUT2D eigenvalue weighted by atomic mass is 10.4. The van der Waals surface area contributed by atoms with Gasteiger partial charge in [-0.25, -0.2) is 0 Å². The van der Waals surface area contributed by atoms with Gasteiger partial charge in [0.1, 0.15) is 6.35 Å². The molecule has 0 atom stereocenters. The van der Waals surface area contributed by atoms with Gasteiger partial charge < -0.3 is 13.8 Å². The van der Waals surface area contributed by atoms with Crippen molar-refractivity contribution >= 4 is 18.3 Å². The van der Waals surface area contributed by atoms with Gasteiger partial charge in [-0.1, -0.05) is 26.7 Å². The summed E-state index contributed by atoms with van der Waals surface area (Å²) in [7, 11) is 1.63. The maximum absolute atomic E-state index is 5.64. The second-order valence-corrected chi connectivity index (χ2v) is 7.07. The van der Waals surface area contributed by atoms with Crippen LogP contribution in [0.2, 0.25) is 0 Å². The van der Waals surface area contributed by atoms with Gasteiger partial charge in [0, 0.05) is 7.11 Å². The Morgan fingerprint density at radius 2 is 1.47 bits per heavy atom. The van der Waals surface area contributed by atoms with Crippen LogP contribution < -0.4 is 0 Å². The first-order chi connectivity index (χ1) is 7.18. The Bertz CT molecular complexity index is 174. The molecule has 0 aliphatic heterocycles. The Balaban J connectivity index is 3.89. The normalized spacial score (nSPS) is 11.9. The number of methoxy groups -OCH3 is 1. The molecular weight excluding hydrogens is 231 g/mol. The number of ether oxygens (including phenoxy) is 1. The SMILES string of the molecule is CCCCOP(=S)(COC)OCCCC. The number of hydrogen-bond donors (Lipinski definition) is 0. The largest absolute Gasteiger partial charge is 0.375 e. The Morgan fingerprint density at radius 3 is 1.80 bits per heavy atom. The summed E-state index contributed by atoms with van der Waals surface area (Å²) < 4.78 is 16.3. The molecule has 0 aliphatic carbocycles. The first-order valence-corrected chi connectivity index (χ1v) is 8.38. The fraction of sp³-hybridized carbons (Fsp3) is 1.00. The van der Waals surface area contributed by atoms with Crippen LogP contribution in [0.3, 0.4) is 0 Å². The molecule has 0 aliphatic rings. The zero-order valence-corrected chi connectivity index (χ0v) is 11.7. The maximum Gasteiger partial charge on any atom is 0.214 e. The molecule has 0 fully saturated rings. The van der Waals surface area contributed by atoms with E-state index in [2.05, 4.69) is 13.8 Å². The summed E-state index contributed by atoms with van der Waals surface area (Å²) in [5.74, 6) is 0. The van der Waals surface area contributed by atoms with Gasteiger partial charge in [-0.05, 0) is 24.6 Å². The highest BCUT2D eigenvalue weighted by atomic mass is 32.5. The molecule has 0 unspecified atom stereocenters. The first-order valence-electron chi connectivity index (χ1n) is 5.55. The summed E-state index contributed by atoms with van der Waals surface area (Å²) in [5, 5.41) is 0. The van der Waals surface area contributed by atoms with Gasteiger partial charge in [0.25, 0.3) is 0 Å². The van der Waals surface area contributed by atoms with Crippen molar-refractivity contribution in [2.75, 3.05) is 26.7 Å². The maximum atomic E-state index is 5.64. The third-order valence-electron chi connectivity index (χ3n) is 1.86. The molecule has 3 nitrogen and oxygen atoms in total. The third-order valence-corrected chi connectivity index (χ3v) is 4.53. The lowest BCUT2D eigenvalue weighted by Gasteiger charge is -2.21. The zero-order valence-electron chi connectivity index (χ0n) is 10.0. The van der Waals surface area contributed by atoms with Crippen molar-refractivity contribution in [2.45, 2.75) is 39.5 Å². The van der Waals surface area contributed by atoms with Gasteiger partial charge in [0.15, 0.2) is 0 Å². The molecule has 0 saturated heterocycles. The highest BCUT2D eigenvalue weighted by Crippen LogP contribution is 2.48. The molecule has 0 radical (unpaired) electrons. The van der Waals surface area contributed by atoms with E-state index in [1.165, 1.54) is 0 Å². The highest BCUT2D eigenvalue weighted by Gasteiger charge is 2.18. The molecule has 0 N–H and O–H groups in total. The number of unbranched alkanes of at least 4 members (excludes halogenated alkanes) is 2. The van der Waals surface area contributed by atoms with E-state index in [1.54, 1.807) is 7.11 Å². The fourth-order valence-electron chi connectivity index (χ4n) is 0.966. The summed E-state index contributed by atoms with van der Waals surface area (Å²) in [4.78, 5) is 0. The summed E-state index contributed by atoms with van der Waals surface area (Å²) in [6.07, 6.45) is 4.68. The summed E-state index contributed by atoms with van der Waals surface area (Å²) in [6.45, 7) is 3.45. The molecule has 0 rings (SSSR count). The van der Waals surface area contributed by atoms with Gasteiger partial charge in [0.2, 0.25) is 6.49 Å². The minimum Gasteiger partial charge on any atom is -0.375 e.